The van der Waals surface area contributed by atoms with Crippen molar-refractivity contribution in [3.05, 3.63) is 53.7 Å². The minimum atomic E-state index is -4.52. The van der Waals surface area contributed by atoms with Crippen LogP contribution in [0.4, 0.5) is 24.0 Å². The maximum atomic E-state index is 13.5. The van der Waals surface area contributed by atoms with Crippen LogP contribution >= 0.6 is 11.3 Å². The van der Waals surface area contributed by atoms with Gasteiger partial charge in [0.25, 0.3) is 0 Å². The van der Waals surface area contributed by atoms with Crippen LogP contribution in [0.2, 0.25) is 0 Å². The van der Waals surface area contributed by atoms with Crippen LogP contribution in [0, 0.1) is 0 Å². The molecule has 0 spiro atoms. The summed E-state index contributed by atoms with van der Waals surface area (Å²) in [6, 6.07) is 7.53. The fourth-order valence-electron chi connectivity index (χ4n) is 3.07. The van der Waals surface area contributed by atoms with Crippen molar-refractivity contribution in [2.45, 2.75) is 32.4 Å². The van der Waals surface area contributed by atoms with E-state index in [9.17, 15) is 13.2 Å². The van der Waals surface area contributed by atoms with Crippen LogP contribution in [-0.4, -0.2) is 16.6 Å². The number of furan rings is 1. The molecule has 4 rings (SSSR count). The number of hydrogen-bond donors (Lipinski definition) is 1. The van der Waals surface area contributed by atoms with E-state index in [-0.39, 0.29) is 18.0 Å². The first kappa shape index (κ1) is 21.2. The quantitative estimate of drug-likeness (QED) is 0.288. The van der Waals surface area contributed by atoms with Gasteiger partial charge in [-0.25, -0.2) is 4.98 Å². The Kier molecular flexibility index (Phi) is 6.13. The molecule has 0 radical (unpaired) electrons. The SMILES string of the molecule is CCCCCOc1ccc(Nc2nc(-c3cc4cnccc4o3)cs2)cc1C(F)(F)F. The van der Waals surface area contributed by atoms with Gasteiger partial charge in [0.15, 0.2) is 10.9 Å². The first-order valence-electron chi connectivity index (χ1n) is 9.84. The average molecular weight is 447 g/mol. The van der Waals surface area contributed by atoms with E-state index in [4.69, 9.17) is 9.15 Å². The number of thiazole rings is 1. The molecule has 9 heteroatoms. The van der Waals surface area contributed by atoms with Crippen molar-refractivity contribution < 1.29 is 22.3 Å². The topological polar surface area (TPSA) is 60.2 Å². The molecule has 4 aromatic rings. The fraction of sp³-hybridized carbons (Fsp3) is 0.273. The van der Waals surface area contributed by atoms with E-state index in [2.05, 4.69) is 15.3 Å². The van der Waals surface area contributed by atoms with Gasteiger partial charge in [-0.3, -0.25) is 4.98 Å². The summed E-state index contributed by atoms with van der Waals surface area (Å²) < 4.78 is 51.7. The first-order chi connectivity index (χ1) is 14.9. The Labute approximate surface area is 180 Å². The normalized spacial score (nSPS) is 11.7. The van der Waals surface area contributed by atoms with Crippen LogP contribution in [0.1, 0.15) is 31.7 Å². The van der Waals surface area contributed by atoms with Crippen LogP contribution in [0.3, 0.4) is 0 Å². The molecule has 0 amide bonds. The lowest BCUT2D eigenvalue weighted by molar-refractivity contribution is -0.138. The van der Waals surface area contributed by atoms with Crippen LogP contribution in [0.5, 0.6) is 5.75 Å². The smallest absolute Gasteiger partial charge is 0.420 e. The number of benzene rings is 1. The molecule has 0 fully saturated rings. The van der Waals surface area contributed by atoms with Gasteiger partial charge in [-0.15, -0.1) is 11.3 Å². The molecule has 0 saturated carbocycles. The molecule has 0 bridgehead atoms. The first-order valence-corrected chi connectivity index (χ1v) is 10.7. The highest BCUT2D eigenvalue weighted by molar-refractivity contribution is 7.14. The van der Waals surface area contributed by atoms with Crippen molar-refractivity contribution in [2.24, 2.45) is 0 Å². The lowest BCUT2D eigenvalue weighted by Gasteiger charge is -2.15. The number of hydrogen-bond acceptors (Lipinski definition) is 6. The molecule has 3 heterocycles. The Bertz CT molecular complexity index is 1140. The minimum Gasteiger partial charge on any atom is -0.493 e. The molecular weight excluding hydrogens is 427 g/mol. The lowest BCUT2D eigenvalue weighted by atomic mass is 10.1. The molecule has 0 aliphatic heterocycles. The van der Waals surface area contributed by atoms with E-state index in [1.54, 1.807) is 29.9 Å². The minimum absolute atomic E-state index is 0.162. The summed E-state index contributed by atoms with van der Waals surface area (Å²) in [5.41, 5.74) is 0.756. The molecule has 1 aromatic carbocycles. The predicted molar refractivity (Wildman–Crippen MR) is 115 cm³/mol. The summed E-state index contributed by atoms with van der Waals surface area (Å²) in [7, 11) is 0. The number of anilines is 2. The Balaban J connectivity index is 1.52. The van der Waals surface area contributed by atoms with E-state index in [1.165, 1.54) is 17.4 Å². The molecule has 0 aliphatic rings. The molecule has 0 atom stereocenters. The number of aromatic nitrogens is 2. The third-order valence-electron chi connectivity index (χ3n) is 4.61. The van der Waals surface area contributed by atoms with Crippen LogP contribution in [0.15, 0.2) is 52.5 Å². The Morgan fingerprint density at radius 1 is 1.16 bits per heavy atom. The molecule has 0 unspecified atom stereocenters. The predicted octanol–water partition coefficient (Wildman–Crippen LogP) is 7.28. The largest absolute Gasteiger partial charge is 0.493 e. The number of fused-ring (bicyclic) bond motifs is 1. The highest BCUT2D eigenvalue weighted by Crippen LogP contribution is 2.39. The second kappa shape index (κ2) is 8.97. The zero-order valence-electron chi connectivity index (χ0n) is 16.7. The van der Waals surface area contributed by atoms with E-state index in [0.29, 0.717) is 28.6 Å². The molecule has 1 N–H and O–H groups in total. The summed E-state index contributed by atoms with van der Waals surface area (Å²) in [5, 5.41) is 6.03. The van der Waals surface area contributed by atoms with Gasteiger partial charge in [0.05, 0.1) is 12.2 Å². The number of nitrogens with one attached hydrogen (secondary N) is 1. The third kappa shape index (κ3) is 4.99. The van der Waals surface area contributed by atoms with Crippen molar-refractivity contribution >= 4 is 33.1 Å². The fourth-order valence-corrected chi connectivity index (χ4v) is 3.79. The van der Waals surface area contributed by atoms with Crippen molar-refractivity contribution in [2.75, 3.05) is 11.9 Å². The molecule has 162 valence electrons. The average Bonchev–Trinajstić information content (AvgIpc) is 3.38. The van der Waals surface area contributed by atoms with E-state index >= 15 is 0 Å². The van der Waals surface area contributed by atoms with Gasteiger partial charge >= 0.3 is 6.18 Å². The number of alkyl halides is 3. The van der Waals surface area contributed by atoms with E-state index in [1.807, 2.05) is 13.0 Å². The van der Waals surface area contributed by atoms with Gasteiger partial charge in [0, 0.05) is 28.8 Å². The number of nitrogens with zero attached hydrogens (tertiary/aromatic N) is 2. The maximum absolute atomic E-state index is 13.5. The second-order valence-electron chi connectivity index (χ2n) is 6.95. The Morgan fingerprint density at radius 2 is 2.03 bits per heavy atom. The Morgan fingerprint density at radius 3 is 2.81 bits per heavy atom. The summed E-state index contributed by atoms with van der Waals surface area (Å²) in [6.45, 7) is 2.28. The summed E-state index contributed by atoms with van der Waals surface area (Å²) in [5.74, 6) is 0.406. The number of ether oxygens (including phenoxy) is 1. The highest BCUT2D eigenvalue weighted by Gasteiger charge is 2.34. The van der Waals surface area contributed by atoms with Crippen molar-refractivity contribution in [3.8, 4) is 17.2 Å². The number of halogens is 3. The van der Waals surface area contributed by atoms with E-state index < -0.39 is 11.7 Å². The van der Waals surface area contributed by atoms with Crippen molar-refractivity contribution in [3.63, 3.8) is 0 Å². The van der Waals surface area contributed by atoms with E-state index in [0.717, 1.165) is 24.3 Å². The van der Waals surface area contributed by atoms with Gasteiger partial charge < -0.3 is 14.5 Å². The molecule has 31 heavy (non-hydrogen) atoms. The zero-order chi connectivity index (χ0) is 21.8. The van der Waals surface area contributed by atoms with Gasteiger partial charge in [-0.05, 0) is 36.8 Å². The Hall–Kier alpha value is -3.07. The van der Waals surface area contributed by atoms with Crippen LogP contribution < -0.4 is 10.1 Å². The summed E-state index contributed by atoms with van der Waals surface area (Å²) in [6.07, 6.45) is 1.41. The molecule has 5 nitrogen and oxygen atoms in total. The van der Waals surface area contributed by atoms with Gasteiger partial charge in [0.2, 0.25) is 0 Å². The standard InChI is InChI=1S/C22H20F3N3O2S/c1-2-3-4-9-29-19-6-5-15(11-16(19)22(23,24)25)27-21-28-17(13-31-21)20-10-14-12-26-8-7-18(14)30-20/h5-8,10-13H,2-4,9H2,1H3,(H,27,28). The molecular formula is C22H20F3N3O2S. The second-order valence-corrected chi connectivity index (χ2v) is 7.81. The van der Waals surface area contributed by atoms with Crippen LogP contribution in [0.25, 0.3) is 22.4 Å². The lowest BCUT2D eigenvalue weighted by Crippen LogP contribution is -2.10. The van der Waals surface area contributed by atoms with Gasteiger partial charge in [-0.1, -0.05) is 19.8 Å². The molecule has 3 aromatic heterocycles. The highest BCUT2D eigenvalue weighted by atomic mass is 32.1. The maximum Gasteiger partial charge on any atom is 0.420 e. The monoisotopic (exact) mass is 447 g/mol. The summed E-state index contributed by atoms with van der Waals surface area (Å²) in [4.78, 5) is 8.49. The zero-order valence-corrected chi connectivity index (χ0v) is 17.5. The van der Waals surface area contributed by atoms with Crippen molar-refractivity contribution in [1.29, 1.82) is 0 Å². The van der Waals surface area contributed by atoms with Crippen molar-refractivity contribution in [1.82, 2.24) is 9.97 Å². The number of unbranched alkanes of at least 4 members (excludes halogenated alkanes) is 2. The molecule has 0 aliphatic carbocycles. The van der Waals surface area contributed by atoms with Gasteiger partial charge in [-0.2, -0.15) is 13.2 Å². The van der Waals surface area contributed by atoms with Gasteiger partial charge in [0.1, 0.15) is 17.0 Å². The van der Waals surface area contributed by atoms with Crippen LogP contribution in [-0.2, 0) is 6.18 Å². The molecule has 0 saturated heterocycles. The summed E-state index contributed by atoms with van der Waals surface area (Å²) >= 11 is 1.28. The third-order valence-corrected chi connectivity index (χ3v) is 5.37. The number of pyridine rings is 1. The number of rotatable bonds is 8.